The summed E-state index contributed by atoms with van der Waals surface area (Å²) in [4.78, 5) is 17.4. The second-order valence-corrected chi connectivity index (χ2v) is 12.4. The van der Waals surface area contributed by atoms with Crippen molar-refractivity contribution in [1.29, 1.82) is 0 Å². The van der Waals surface area contributed by atoms with Crippen LogP contribution in [-0.2, 0) is 21.4 Å². The Hall–Kier alpha value is -2.91. The van der Waals surface area contributed by atoms with E-state index in [2.05, 4.69) is 17.0 Å². The number of carbonyl (C=O) groups excluding carboxylic acids is 1. The zero-order chi connectivity index (χ0) is 28.4. The lowest BCUT2D eigenvalue weighted by Crippen LogP contribution is -2.47. The van der Waals surface area contributed by atoms with E-state index >= 15 is 0 Å². The van der Waals surface area contributed by atoms with Crippen molar-refractivity contribution in [2.75, 3.05) is 39.8 Å². The van der Waals surface area contributed by atoms with Crippen molar-refractivity contribution in [3.05, 3.63) is 102 Å². The summed E-state index contributed by atoms with van der Waals surface area (Å²) >= 11 is 0. The molecule has 0 aromatic heterocycles. The lowest BCUT2D eigenvalue weighted by molar-refractivity contribution is 0.0626. The normalized spacial score (nSPS) is 15.2. The molecule has 9 heteroatoms. The molecule has 1 aliphatic heterocycles. The number of ether oxygens (including phenoxy) is 1. The molecule has 0 spiro atoms. The molecular formula is C32H42ClN3O4S. The van der Waals surface area contributed by atoms with Gasteiger partial charge in [0.1, 0.15) is 6.61 Å². The molecule has 1 amide bonds. The Bertz CT molecular complexity index is 1290. The minimum Gasteiger partial charge on any atom is -0.445 e. The monoisotopic (exact) mass is 599 g/mol. The van der Waals surface area contributed by atoms with Gasteiger partial charge >= 0.3 is 6.09 Å². The van der Waals surface area contributed by atoms with E-state index in [1.165, 1.54) is 4.31 Å². The number of nitrogens with zero attached hydrogens (tertiary/aromatic N) is 3. The van der Waals surface area contributed by atoms with E-state index in [-0.39, 0.29) is 37.1 Å². The van der Waals surface area contributed by atoms with Gasteiger partial charge in [0.15, 0.2) is 0 Å². The highest BCUT2D eigenvalue weighted by molar-refractivity contribution is 7.89. The number of sulfonamides is 1. The summed E-state index contributed by atoms with van der Waals surface area (Å²) in [6, 6.07) is 28.7. The summed E-state index contributed by atoms with van der Waals surface area (Å²) in [5.41, 5.74) is 2.13. The zero-order valence-corrected chi connectivity index (χ0v) is 25.6. The molecule has 1 heterocycles. The van der Waals surface area contributed by atoms with Gasteiger partial charge in [-0.3, -0.25) is 0 Å². The fourth-order valence-electron chi connectivity index (χ4n) is 5.40. The van der Waals surface area contributed by atoms with E-state index in [1.807, 2.05) is 66.4 Å². The number of rotatable bonds is 12. The predicted molar refractivity (Wildman–Crippen MR) is 166 cm³/mol. The largest absolute Gasteiger partial charge is 0.445 e. The maximum Gasteiger partial charge on any atom is 0.410 e. The summed E-state index contributed by atoms with van der Waals surface area (Å²) in [5.74, 6) is 0.0718. The van der Waals surface area contributed by atoms with E-state index in [0.29, 0.717) is 18.0 Å². The number of likely N-dealkylation sites (N-methyl/N-ethyl adjacent to an activating group) is 1. The number of halogens is 1. The summed E-state index contributed by atoms with van der Waals surface area (Å²) in [5, 5.41) is 0. The quantitative estimate of drug-likeness (QED) is 0.254. The zero-order valence-electron chi connectivity index (χ0n) is 24.0. The molecule has 1 saturated heterocycles. The Balaban J connectivity index is 0.00000462. The van der Waals surface area contributed by atoms with Gasteiger partial charge in [-0.25, -0.2) is 17.5 Å². The Morgan fingerprint density at radius 3 is 2.07 bits per heavy atom. The molecule has 0 radical (unpaired) electrons. The van der Waals surface area contributed by atoms with Crippen LogP contribution in [0.2, 0.25) is 0 Å². The fraction of sp³-hybridized carbons (Fsp3) is 0.406. The third kappa shape index (κ3) is 9.04. The van der Waals surface area contributed by atoms with Crippen LogP contribution in [0.5, 0.6) is 0 Å². The first kappa shape index (κ1) is 32.6. The summed E-state index contributed by atoms with van der Waals surface area (Å²) in [6.07, 6.45) is 2.38. The van der Waals surface area contributed by atoms with Gasteiger partial charge in [0.25, 0.3) is 0 Å². The van der Waals surface area contributed by atoms with Gasteiger partial charge in [-0.15, -0.1) is 12.4 Å². The Kier molecular flexibility index (Phi) is 12.7. The number of hydrogen-bond acceptors (Lipinski definition) is 5. The van der Waals surface area contributed by atoms with E-state index in [9.17, 15) is 13.2 Å². The standard InChI is InChI=1S/C32H41N3O4S.ClH/c1-3-35(32(36)39-26-27-13-7-4-8-14-27)30-20-23-34(24-21-30)22-19-29(28-15-9-5-10-16-28)25-33(2)40(37,38)31-17-11-6-12-18-31;/h4-18,29-30H,3,19-26H2,1-2H3;1H. The van der Waals surface area contributed by atoms with Gasteiger partial charge in [0, 0.05) is 39.3 Å². The third-order valence-electron chi connectivity index (χ3n) is 7.77. The number of amides is 1. The molecule has 1 atom stereocenters. The van der Waals surface area contributed by atoms with Gasteiger partial charge in [0.05, 0.1) is 4.90 Å². The molecular weight excluding hydrogens is 558 g/mol. The molecule has 0 aliphatic carbocycles. The number of likely N-dealkylation sites (tertiary alicyclic amines) is 1. The van der Waals surface area contributed by atoms with Gasteiger partial charge in [-0.05, 0) is 61.9 Å². The number of hydrogen-bond donors (Lipinski definition) is 0. The molecule has 1 aliphatic rings. The summed E-state index contributed by atoms with van der Waals surface area (Å²) in [7, 11) is -1.90. The molecule has 3 aromatic rings. The Labute approximate surface area is 251 Å². The summed E-state index contributed by atoms with van der Waals surface area (Å²) < 4.78 is 33.5. The van der Waals surface area contributed by atoms with Crippen LogP contribution < -0.4 is 0 Å². The van der Waals surface area contributed by atoms with Crippen LogP contribution in [0, 0.1) is 0 Å². The molecule has 1 unspecified atom stereocenters. The molecule has 4 rings (SSSR count). The number of benzene rings is 3. The SMILES string of the molecule is CCN(C(=O)OCc1ccccc1)C1CCN(CCC(CN(C)S(=O)(=O)c2ccccc2)c2ccccc2)CC1.Cl. The molecule has 0 saturated carbocycles. The second kappa shape index (κ2) is 15.9. The van der Waals surface area contributed by atoms with Gasteiger partial charge in [-0.2, -0.15) is 0 Å². The van der Waals surface area contributed by atoms with Crippen LogP contribution in [0.3, 0.4) is 0 Å². The van der Waals surface area contributed by atoms with Crippen LogP contribution in [0.15, 0.2) is 95.9 Å². The molecule has 1 fully saturated rings. The molecule has 7 nitrogen and oxygen atoms in total. The van der Waals surface area contributed by atoms with Crippen LogP contribution in [-0.4, -0.2) is 74.4 Å². The van der Waals surface area contributed by atoms with Crippen molar-refractivity contribution >= 4 is 28.5 Å². The van der Waals surface area contributed by atoms with Crippen LogP contribution in [0.4, 0.5) is 4.79 Å². The number of piperidine rings is 1. The highest BCUT2D eigenvalue weighted by atomic mass is 35.5. The summed E-state index contributed by atoms with van der Waals surface area (Å²) in [6.45, 7) is 5.98. The maximum atomic E-state index is 13.2. The van der Waals surface area contributed by atoms with E-state index < -0.39 is 10.0 Å². The van der Waals surface area contributed by atoms with Crippen molar-refractivity contribution in [3.63, 3.8) is 0 Å². The van der Waals surface area contributed by atoms with Crippen molar-refractivity contribution in [2.24, 2.45) is 0 Å². The van der Waals surface area contributed by atoms with Crippen LogP contribution in [0.1, 0.15) is 43.2 Å². The highest BCUT2D eigenvalue weighted by Gasteiger charge is 2.29. The lowest BCUT2D eigenvalue weighted by atomic mass is 9.94. The molecule has 0 N–H and O–H groups in total. The molecule has 3 aromatic carbocycles. The first-order valence-corrected chi connectivity index (χ1v) is 15.6. The minimum atomic E-state index is -3.57. The van der Waals surface area contributed by atoms with E-state index in [0.717, 1.165) is 50.0 Å². The van der Waals surface area contributed by atoms with Crippen molar-refractivity contribution in [2.45, 2.75) is 49.6 Å². The van der Waals surface area contributed by atoms with E-state index in [4.69, 9.17) is 4.74 Å². The topological polar surface area (TPSA) is 70.2 Å². The van der Waals surface area contributed by atoms with Crippen molar-refractivity contribution in [1.82, 2.24) is 14.1 Å². The average Bonchev–Trinajstić information content (AvgIpc) is 3.00. The Morgan fingerprint density at radius 2 is 1.49 bits per heavy atom. The van der Waals surface area contributed by atoms with Gasteiger partial charge in [-0.1, -0.05) is 78.9 Å². The molecule has 0 bridgehead atoms. The predicted octanol–water partition coefficient (Wildman–Crippen LogP) is 6.03. The van der Waals surface area contributed by atoms with E-state index in [1.54, 1.807) is 31.3 Å². The van der Waals surface area contributed by atoms with Crippen LogP contribution >= 0.6 is 12.4 Å². The van der Waals surface area contributed by atoms with Crippen molar-refractivity contribution in [3.8, 4) is 0 Å². The second-order valence-electron chi connectivity index (χ2n) is 10.4. The Morgan fingerprint density at radius 1 is 0.927 bits per heavy atom. The molecule has 222 valence electrons. The van der Waals surface area contributed by atoms with Crippen molar-refractivity contribution < 1.29 is 17.9 Å². The van der Waals surface area contributed by atoms with Crippen LogP contribution in [0.25, 0.3) is 0 Å². The number of carbonyl (C=O) groups is 1. The minimum absolute atomic E-state index is 0. The fourth-order valence-corrected chi connectivity index (χ4v) is 6.64. The lowest BCUT2D eigenvalue weighted by Gasteiger charge is -2.38. The molecule has 41 heavy (non-hydrogen) atoms. The first-order chi connectivity index (χ1) is 19.4. The van der Waals surface area contributed by atoms with Gasteiger partial charge < -0.3 is 14.5 Å². The average molecular weight is 600 g/mol. The maximum absolute atomic E-state index is 13.2. The van der Waals surface area contributed by atoms with Gasteiger partial charge in [0.2, 0.25) is 10.0 Å². The third-order valence-corrected chi connectivity index (χ3v) is 9.61. The highest BCUT2D eigenvalue weighted by Crippen LogP contribution is 2.26. The first-order valence-electron chi connectivity index (χ1n) is 14.1. The smallest absolute Gasteiger partial charge is 0.410 e.